The Morgan fingerprint density at radius 3 is 2.93 bits per heavy atom. The van der Waals surface area contributed by atoms with Gasteiger partial charge in [0.05, 0.1) is 12.4 Å². The Morgan fingerprint density at radius 2 is 2.20 bits per heavy atom. The Morgan fingerprint density at radius 1 is 1.40 bits per heavy atom. The quantitative estimate of drug-likeness (QED) is 0.440. The first-order valence-electron chi connectivity index (χ1n) is 4.73. The summed E-state index contributed by atoms with van der Waals surface area (Å²) in [7, 11) is 0. The third kappa shape index (κ3) is 2.34. The van der Waals surface area contributed by atoms with Crippen molar-refractivity contribution in [2.45, 2.75) is 0 Å². The van der Waals surface area contributed by atoms with E-state index in [1.807, 2.05) is 0 Å². The highest BCUT2D eigenvalue weighted by atomic mass is 15.3. The maximum Gasteiger partial charge on any atom is 0.147 e. The van der Waals surface area contributed by atoms with E-state index in [0.29, 0.717) is 5.82 Å². The van der Waals surface area contributed by atoms with Crippen LogP contribution in [0, 0.1) is 0 Å². The van der Waals surface area contributed by atoms with Crippen LogP contribution in [0.25, 0.3) is 10.4 Å². The van der Waals surface area contributed by atoms with Gasteiger partial charge in [0.2, 0.25) is 0 Å². The first-order valence-corrected chi connectivity index (χ1v) is 4.73. The number of azide groups is 1. The molecule has 78 valence electrons. The van der Waals surface area contributed by atoms with Crippen LogP contribution in [0.2, 0.25) is 0 Å². The molecule has 7 heteroatoms. The summed E-state index contributed by atoms with van der Waals surface area (Å²) in [6, 6.07) is 0. The highest BCUT2D eigenvalue weighted by Gasteiger charge is 2.11. The molecular formula is C8H11N7. The molecule has 0 spiro atoms. The lowest BCUT2D eigenvalue weighted by Crippen LogP contribution is -2.43. The number of hydrogen-bond acceptors (Lipinski definition) is 5. The number of anilines is 1. The molecular weight excluding hydrogens is 194 g/mol. The lowest BCUT2D eigenvalue weighted by Gasteiger charge is -2.28. The van der Waals surface area contributed by atoms with Gasteiger partial charge in [0, 0.05) is 31.1 Å². The average Bonchev–Trinajstić information content (AvgIpc) is 2.31. The van der Waals surface area contributed by atoms with Crippen molar-refractivity contribution in [2.75, 3.05) is 31.1 Å². The molecule has 1 N–H and O–H groups in total. The van der Waals surface area contributed by atoms with Crippen molar-refractivity contribution in [3.8, 4) is 0 Å². The molecule has 2 rings (SSSR count). The number of piperazine rings is 1. The fourth-order valence-corrected chi connectivity index (χ4v) is 1.49. The number of nitrogens with zero attached hydrogens (tertiary/aromatic N) is 6. The number of aromatic nitrogens is 2. The first kappa shape index (κ1) is 9.70. The van der Waals surface area contributed by atoms with E-state index < -0.39 is 0 Å². The van der Waals surface area contributed by atoms with Crippen molar-refractivity contribution >= 4 is 11.6 Å². The summed E-state index contributed by atoms with van der Waals surface area (Å²) >= 11 is 0. The van der Waals surface area contributed by atoms with Crippen molar-refractivity contribution in [3.05, 3.63) is 22.8 Å². The van der Waals surface area contributed by atoms with Crippen molar-refractivity contribution in [1.29, 1.82) is 0 Å². The Hall–Kier alpha value is -1.85. The van der Waals surface area contributed by atoms with Crippen LogP contribution in [0.15, 0.2) is 17.5 Å². The third-order valence-electron chi connectivity index (χ3n) is 2.20. The fourth-order valence-electron chi connectivity index (χ4n) is 1.49. The number of rotatable bonds is 2. The van der Waals surface area contributed by atoms with E-state index in [4.69, 9.17) is 5.53 Å². The van der Waals surface area contributed by atoms with Crippen molar-refractivity contribution in [2.24, 2.45) is 5.11 Å². The van der Waals surface area contributed by atoms with Gasteiger partial charge in [-0.15, -0.1) is 0 Å². The Bertz CT molecular complexity index is 378. The summed E-state index contributed by atoms with van der Waals surface area (Å²) in [6.45, 7) is 3.67. The van der Waals surface area contributed by atoms with Gasteiger partial charge < -0.3 is 10.2 Å². The predicted molar refractivity (Wildman–Crippen MR) is 55.9 cm³/mol. The van der Waals surface area contributed by atoms with E-state index in [1.54, 1.807) is 6.20 Å². The van der Waals surface area contributed by atoms with Crippen LogP contribution >= 0.6 is 0 Å². The molecule has 0 unspecified atom stereocenters. The zero-order chi connectivity index (χ0) is 10.5. The minimum atomic E-state index is 0.313. The van der Waals surface area contributed by atoms with Crippen molar-refractivity contribution in [1.82, 2.24) is 15.3 Å². The smallest absolute Gasteiger partial charge is 0.147 e. The highest BCUT2D eigenvalue weighted by Crippen LogP contribution is 2.14. The second-order valence-corrected chi connectivity index (χ2v) is 3.16. The minimum Gasteiger partial charge on any atom is -0.353 e. The van der Waals surface area contributed by atoms with Crippen LogP contribution in [0.1, 0.15) is 0 Å². The van der Waals surface area contributed by atoms with Crippen LogP contribution < -0.4 is 10.2 Å². The summed E-state index contributed by atoms with van der Waals surface area (Å²) in [6.07, 6.45) is 3.13. The predicted octanol–water partition coefficient (Wildman–Crippen LogP) is 0.828. The molecule has 0 atom stereocenters. The molecule has 1 aromatic heterocycles. The molecule has 2 heterocycles. The monoisotopic (exact) mass is 205 g/mol. The van der Waals surface area contributed by atoms with Crippen LogP contribution in [-0.4, -0.2) is 36.1 Å². The third-order valence-corrected chi connectivity index (χ3v) is 2.20. The second kappa shape index (κ2) is 4.59. The molecule has 1 fully saturated rings. The van der Waals surface area contributed by atoms with E-state index in [9.17, 15) is 0 Å². The van der Waals surface area contributed by atoms with Gasteiger partial charge in [-0.25, -0.2) is 4.98 Å². The zero-order valence-electron chi connectivity index (χ0n) is 8.17. The van der Waals surface area contributed by atoms with Gasteiger partial charge in [0.15, 0.2) is 0 Å². The molecule has 1 saturated heterocycles. The van der Waals surface area contributed by atoms with E-state index >= 15 is 0 Å². The largest absolute Gasteiger partial charge is 0.353 e. The summed E-state index contributed by atoms with van der Waals surface area (Å²) in [5.74, 6) is 1.08. The lowest BCUT2D eigenvalue weighted by atomic mass is 10.3. The minimum absolute atomic E-state index is 0.313. The molecule has 0 saturated carbocycles. The molecule has 15 heavy (non-hydrogen) atoms. The van der Waals surface area contributed by atoms with Gasteiger partial charge in [0.1, 0.15) is 11.6 Å². The zero-order valence-corrected chi connectivity index (χ0v) is 8.17. The van der Waals surface area contributed by atoms with Crippen molar-refractivity contribution < 1.29 is 0 Å². The maximum atomic E-state index is 8.29. The summed E-state index contributed by atoms with van der Waals surface area (Å²) in [5.41, 5.74) is 8.29. The summed E-state index contributed by atoms with van der Waals surface area (Å²) in [4.78, 5) is 13.0. The summed E-state index contributed by atoms with van der Waals surface area (Å²) < 4.78 is 0. The van der Waals surface area contributed by atoms with E-state index in [1.165, 1.54) is 6.20 Å². The normalized spacial score (nSPS) is 15.9. The van der Waals surface area contributed by atoms with Gasteiger partial charge in [-0.3, -0.25) is 4.98 Å². The molecule has 0 bridgehead atoms. The SMILES string of the molecule is [N-]=[N+]=Nc1cncc(N2CCNCC2)n1. The van der Waals surface area contributed by atoms with E-state index in [0.717, 1.165) is 32.0 Å². The Kier molecular flexibility index (Phi) is 2.96. The molecule has 7 nitrogen and oxygen atoms in total. The van der Waals surface area contributed by atoms with E-state index in [2.05, 4.69) is 30.2 Å². The first-order chi connectivity index (χ1) is 7.40. The number of nitrogens with one attached hydrogen (secondary N) is 1. The van der Waals surface area contributed by atoms with E-state index in [-0.39, 0.29) is 0 Å². The van der Waals surface area contributed by atoms with Crippen LogP contribution in [-0.2, 0) is 0 Å². The molecule has 1 aliphatic heterocycles. The molecule has 0 amide bonds. The molecule has 0 aliphatic carbocycles. The molecule has 0 aromatic carbocycles. The van der Waals surface area contributed by atoms with Gasteiger partial charge in [-0.1, -0.05) is 0 Å². The van der Waals surface area contributed by atoms with Gasteiger partial charge in [0.25, 0.3) is 0 Å². The molecule has 0 radical (unpaired) electrons. The van der Waals surface area contributed by atoms with Gasteiger partial charge in [-0.2, -0.15) is 0 Å². The van der Waals surface area contributed by atoms with Crippen molar-refractivity contribution in [3.63, 3.8) is 0 Å². The van der Waals surface area contributed by atoms with Crippen LogP contribution in [0.3, 0.4) is 0 Å². The summed E-state index contributed by atoms with van der Waals surface area (Å²) in [5, 5.41) is 6.68. The topological polar surface area (TPSA) is 89.8 Å². The highest BCUT2D eigenvalue weighted by molar-refractivity contribution is 5.41. The van der Waals surface area contributed by atoms with Gasteiger partial charge >= 0.3 is 0 Å². The average molecular weight is 205 g/mol. The van der Waals surface area contributed by atoms with Crippen LogP contribution in [0.4, 0.5) is 11.6 Å². The molecule has 1 aliphatic rings. The fraction of sp³-hybridized carbons (Fsp3) is 0.500. The second-order valence-electron chi connectivity index (χ2n) is 3.16. The lowest BCUT2D eigenvalue weighted by molar-refractivity contribution is 0.584. The maximum absolute atomic E-state index is 8.29. The van der Waals surface area contributed by atoms with Crippen LogP contribution in [0.5, 0.6) is 0 Å². The Balaban J connectivity index is 2.19. The standard InChI is InChI=1S/C8H11N7/c9-14-13-7-5-11-6-8(12-7)15-3-1-10-2-4-15/h5-6,10H,1-4H2. The molecule has 1 aromatic rings. The van der Waals surface area contributed by atoms with Gasteiger partial charge in [-0.05, 0) is 10.6 Å². The number of hydrogen-bond donors (Lipinski definition) is 1. The Labute approximate surface area is 86.8 Å².